The van der Waals surface area contributed by atoms with E-state index in [2.05, 4.69) is 0 Å². The van der Waals surface area contributed by atoms with E-state index in [1.807, 2.05) is 20.8 Å². The molecular formula is C11H20F2O. The van der Waals surface area contributed by atoms with Gasteiger partial charge in [-0.05, 0) is 39.5 Å². The molecule has 0 saturated heterocycles. The van der Waals surface area contributed by atoms with Crippen molar-refractivity contribution in [3.05, 3.63) is 0 Å². The fraction of sp³-hybridized carbons (Fsp3) is 1.00. The Bertz CT molecular complexity index is 174. The third-order valence-corrected chi connectivity index (χ3v) is 2.59. The molecule has 0 aliphatic heterocycles. The van der Waals surface area contributed by atoms with Gasteiger partial charge in [-0.25, -0.2) is 8.78 Å². The summed E-state index contributed by atoms with van der Waals surface area (Å²) >= 11 is 0. The summed E-state index contributed by atoms with van der Waals surface area (Å²) < 4.78 is 31.2. The molecule has 0 aromatic rings. The van der Waals surface area contributed by atoms with Crippen LogP contribution in [-0.2, 0) is 4.74 Å². The van der Waals surface area contributed by atoms with Crippen LogP contribution >= 0.6 is 0 Å². The first-order valence-electron chi connectivity index (χ1n) is 5.30. The van der Waals surface area contributed by atoms with E-state index in [0.717, 1.165) is 0 Å². The minimum absolute atomic E-state index is 0.0329. The molecule has 0 unspecified atom stereocenters. The lowest BCUT2D eigenvalue weighted by molar-refractivity contribution is -0.0739. The summed E-state index contributed by atoms with van der Waals surface area (Å²) in [4.78, 5) is 0. The first-order chi connectivity index (χ1) is 6.29. The first-order valence-corrected chi connectivity index (χ1v) is 5.30. The Labute approximate surface area is 84.8 Å². The molecule has 0 atom stereocenters. The minimum atomic E-state index is -2.42. The van der Waals surface area contributed by atoms with Crippen LogP contribution in [0.3, 0.4) is 0 Å². The first kappa shape index (κ1) is 11.9. The van der Waals surface area contributed by atoms with E-state index in [1.54, 1.807) is 0 Å². The van der Waals surface area contributed by atoms with E-state index in [0.29, 0.717) is 25.4 Å². The van der Waals surface area contributed by atoms with Gasteiger partial charge in [-0.3, -0.25) is 0 Å². The fourth-order valence-corrected chi connectivity index (χ4v) is 1.63. The topological polar surface area (TPSA) is 9.23 Å². The predicted octanol–water partition coefficient (Wildman–Crippen LogP) is 3.63. The molecule has 3 heteroatoms. The molecule has 0 aromatic carbocycles. The van der Waals surface area contributed by atoms with Gasteiger partial charge in [0, 0.05) is 12.8 Å². The van der Waals surface area contributed by atoms with E-state index >= 15 is 0 Å². The number of halogens is 2. The lowest BCUT2D eigenvalue weighted by atomic mass is 9.87. The van der Waals surface area contributed by atoms with Crippen LogP contribution in [-0.4, -0.2) is 18.1 Å². The van der Waals surface area contributed by atoms with Crippen molar-refractivity contribution in [1.82, 2.24) is 0 Å². The maximum absolute atomic E-state index is 12.8. The van der Waals surface area contributed by atoms with Crippen molar-refractivity contribution in [2.45, 2.75) is 58.0 Å². The predicted molar refractivity (Wildman–Crippen MR) is 52.6 cm³/mol. The molecule has 0 aromatic heterocycles. The minimum Gasteiger partial charge on any atom is -0.376 e. The number of hydrogen-bond donors (Lipinski definition) is 0. The van der Waals surface area contributed by atoms with Gasteiger partial charge < -0.3 is 4.74 Å². The SMILES string of the molecule is CC(C)(C)OCC1CCC(F)(F)CC1. The smallest absolute Gasteiger partial charge is 0.248 e. The summed E-state index contributed by atoms with van der Waals surface area (Å²) in [5.41, 5.74) is -0.153. The molecule has 1 saturated carbocycles. The molecule has 1 fully saturated rings. The number of rotatable bonds is 2. The van der Waals surface area contributed by atoms with Gasteiger partial charge in [0.1, 0.15) is 0 Å². The highest BCUT2D eigenvalue weighted by molar-refractivity contribution is 4.77. The Morgan fingerprint density at radius 3 is 2.14 bits per heavy atom. The Morgan fingerprint density at radius 2 is 1.71 bits per heavy atom. The van der Waals surface area contributed by atoms with Crippen molar-refractivity contribution in [2.75, 3.05) is 6.61 Å². The number of hydrogen-bond acceptors (Lipinski definition) is 1. The third kappa shape index (κ3) is 4.36. The summed E-state index contributed by atoms with van der Waals surface area (Å²) in [6.45, 7) is 6.60. The second-order valence-corrected chi connectivity index (χ2v) is 5.22. The number of ether oxygens (including phenoxy) is 1. The summed E-state index contributed by atoms with van der Waals surface area (Å²) in [7, 11) is 0. The Morgan fingerprint density at radius 1 is 1.21 bits per heavy atom. The Balaban J connectivity index is 2.23. The van der Waals surface area contributed by atoms with Crippen LogP contribution in [0.25, 0.3) is 0 Å². The van der Waals surface area contributed by atoms with Crippen LogP contribution < -0.4 is 0 Å². The van der Waals surface area contributed by atoms with Crippen molar-refractivity contribution < 1.29 is 13.5 Å². The maximum Gasteiger partial charge on any atom is 0.248 e. The normalized spacial score (nSPS) is 23.8. The molecule has 1 rings (SSSR count). The number of alkyl halides is 2. The highest BCUT2D eigenvalue weighted by Gasteiger charge is 2.35. The fourth-order valence-electron chi connectivity index (χ4n) is 1.63. The highest BCUT2D eigenvalue weighted by Crippen LogP contribution is 2.36. The lowest BCUT2D eigenvalue weighted by Gasteiger charge is -2.30. The summed E-state index contributed by atoms with van der Waals surface area (Å²) in [6, 6.07) is 0. The molecule has 0 heterocycles. The molecule has 0 spiro atoms. The van der Waals surface area contributed by atoms with E-state index in [4.69, 9.17) is 4.74 Å². The zero-order valence-electron chi connectivity index (χ0n) is 9.28. The van der Waals surface area contributed by atoms with E-state index in [-0.39, 0.29) is 18.4 Å². The second kappa shape index (κ2) is 4.13. The maximum atomic E-state index is 12.8. The van der Waals surface area contributed by atoms with Gasteiger partial charge in [-0.1, -0.05) is 0 Å². The molecule has 14 heavy (non-hydrogen) atoms. The largest absolute Gasteiger partial charge is 0.376 e. The van der Waals surface area contributed by atoms with Crippen LogP contribution in [0.5, 0.6) is 0 Å². The van der Waals surface area contributed by atoms with Crippen LogP contribution in [0.4, 0.5) is 8.78 Å². The van der Waals surface area contributed by atoms with Gasteiger partial charge >= 0.3 is 0 Å². The standard InChI is InChI=1S/C11H20F2O/c1-10(2,3)14-8-9-4-6-11(12,13)7-5-9/h9H,4-8H2,1-3H3. The van der Waals surface area contributed by atoms with E-state index < -0.39 is 5.92 Å². The third-order valence-electron chi connectivity index (χ3n) is 2.59. The molecule has 1 aliphatic carbocycles. The zero-order valence-corrected chi connectivity index (χ0v) is 9.28. The van der Waals surface area contributed by atoms with E-state index in [9.17, 15) is 8.78 Å². The van der Waals surface area contributed by atoms with Crippen molar-refractivity contribution >= 4 is 0 Å². The van der Waals surface area contributed by atoms with Gasteiger partial charge in [0.15, 0.2) is 0 Å². The van der Waals surface area contributed by atoms with Crippen molar-refractivity contribution in [3.63, 3.8) is 0 Å². The molecule has 0 radical (unpaired) electrons. The Kier molecular flexibility index (Phi) is 3.51. The van der Waals surface area contributed by atoms with Crippen LogP contribution in [0.15, 0.2) is 0 Å². The van der Waals surface area contributed by atoms with Gasteiger partial charge in [-0.2, -0.15) is 0 Å². The van der Waals surface area contributed by atoms with Gasteiger partial charge in [-0.15, -0.1) is 0 Å². The lowest BCUT2D eigenvalue weighted by Crippen LogP contribution is -2.29. The second-order valence-electron chi connectivity index (χ2n) is 5.22. The average molecular weight is 206 g/mol. The summed E-state index contributed by atoms with van der Waals surface area (Å²) in [5.74, 6) is -2.09. The summed E-state index contributed by atoms with van der Waals surface area (Å²) in [5, 5.41) is 0. The average Bonchev–Trinajstić information content (AvgIpc) is 2.01. The molecule has 0 amide bonds. The quantitative estimate of drug-likeness (QED) is 0.670. The van der Waals surface area contributed by atoms with Gasteiger partial charge in [0.25, 0.3) is 0 Å². The van der Waals surface area contributed by atoms with Crippen LogP contribution in [0.1, 0.15) is 46.5 Å². The molecule has 1 nitrogen and oxygen atoms in total. The zero-order chi connectivity index (χ0) is 10.8. The van der Waals surface area contributed by atoms with Gasteiger partial charge in [0.2, 0.25) is 5.92 Å². The van der Waals surface area contributed by atoms with Crippen LogP contribution in [0, 0.1) is 5.92 Å². The monoisotopic (exact) mass is 206 g/mol. The van der Waals surface area contributed by atoms with Crippen LogP contribution in [0.2, 0.25) is 0 Å². The van der Waals surface area contributed by atoms with Crippen molar-refractivity contribution in [2.24, 2.45) is 5.92 Å². The van der Waals surface area contributed by atoms with Crippen molar-refractivity contribution in [3.8, 4) is 0 Å². The molecule has 0 N–H and O–H groups in total. The van der Waals surface area contributed by atoms with Crippen molar-refractivity contribution in [1.29, 1.82) is 0 Å². The molecular weight excluding hydrogens is 186 g/mol. The Hall–Kier alpha value is -0.180. The van der Waals surface area contributed by atoms with Gasteiger partial charge in [0.05, 0.1) is 12.2 Å². The summed E-state index contributed by atoms with van der Waals surface area (Å²) in [6.07, 6.45) is 1.27. The van der Waals surface area contributed by atoms with E-state index in [1.165, 1.54) is 0 Å². The molecule has 0 bridgehead atoms. The molecule has 1 aliphatic rings. The molecule has 84 valence electrons. The highest BCUT2D eigenvalue weighted by atomic mass is 19.3.